The van der Waals surface area contributed by atoms with Crippen molar-refractivity contribution in [1.82, 2.24) is 41.2 Å². The van der Waals surface area contributed by atoms with E-state index in [-0.39, 0.29) is 29.8 Å². The Balaban J connectivity index is 1.23. The van der Waals surface area contributed by atoms with Crippen LogP contribution in [0.3, 0.4) is 0 Å². The summed E-state index contributed by atoms with van der Waals surface area (Å²) in [5.74, 6) is -0.592. The Morgan fingerprint density at radius 3 is 2.69 bits per heavy atom. The third kappa shape index (κ3) is 4.81. The van der Waals surface area contributed by atoms with Gasteiger partial charge in [0.1, 0.15) is 23.5 Å². The Hall–Kier alpha value is -4.54. The van der Waals surface area contributed by atoms with E-state index in [1.807, 2.05) is 25.1 Å². The second-order valence-electron chi connectivity index (χ2n) is 8.46. The summed E-state index contributed by atoms with van der Waals surface area (Å²) in [4.78, 5) is 33.6. The van der Waals surface area contributed by atoms with Gasteiger partial charge in [-0.3, -0.25) is 9.59 Å². The third-order valence-corrected chi connectivity index (χ3v) is 6.21. The summed E-state index contributed by atoms with van der Waals surface area (Å²) >= 11 is 0. The normalized spacial score (nSPS) is 14.3. The molecule has 0 aliphatic heterocycles. The first kappa shape index (κ1) is 23.2. The van der Waals surface area contributed by atoms with Gasteiger partial charge < -0.3 is 10.6 Å². The summed E-state index contributed by atoms with van der Waals surface area (Å²) in [5.41, 5.74) is 4.52. The highest BCUT2D eigenvalue weighted by Gasteiger charge is 2.26. The fourth-order valence-corrected chi connectivity index (χ4v) is 4.31. The van der Waals surface area contributed by atoms with Crippen LogP contribution < -0.4 is 10.6 Å². The number of halogens is 1. The molecule has 1 aliphatic carbocycles. The van der Waals surface area contributed by atoms with Crippen molar-refractivity contribution in [3.05, 3.63) is 88.3 Å². The molecule has 3 N–H and O–H groups in total. The van der Waals surface area contributed by atoms with Crippen molar-refractivity contribution < 1.29 is 14.0 Å². The largest absolute Gasteiger partial charge is 0.347 e. The van der Waals surface area contributed by atoms with Crippen molar-refractivity contribution >= 4 is 11.8 Å². The Morgan fingerprint density at radius 2 is 1.92 bits per heavy atom. The predicted octanol–water partition coefficient (Wildman–Crippen LogP) is 2.71. The van der Waals surface area contributed by atoms with E-state index in [1.54, 1.807) is 12.1 Å². The lowest BCUT2D eigenvalue weighted by Gasteiger charge is -2.14. The van der Waals surface area contributed by atoms with Crippen molar-refractivity contribution in [2.75, 3.05) is 0 Å². The standard InChI is InChI=1S/C25H23FN8O2/c1-2-15-9-14(3-7-19(15)26)12-27-24(35)21-11-22(29-13-28-21)25(36)30-20-8-5-16-10-17(4-6-18(16)20)23-31-33-34-32-23/h3-4,6-7,9-11,13,20H,2,5,8,12H2,1H3,(H,27,35)(H,30,36)(H,31,32,33,34)/t20-/m0/s1. The van der Waals surface area contributed by atoms with Gasteiger partial charge in [0.25, 0.3) is 11.8 Å². The number of aryl methyl sites for hydroxylation is 2. The maximum atomic E-state index is 13.7. The van der Waals surface area contributed by atoms with Crippen molar-refractivity contribution in [3.8, 4) is 11.4 Å². The van der Waals surface area contributed by atoms with E-state index < -0.39 is 11.8 Å². The molecule has 0 unspecified atom stereocenters. The number of carbonyl (C=O) groups is 2. The number of amides is 2. The van der Waals surface area contributed by atoms with E-state index in [1.165, 1.54) is 18.5 Å². The number of carbonyl (C=O) groups excluding carboxylic acids is 2. The molecular formula is C25H23FN8O2. The maximum absolute atomic E-state index is 13.7. The summed E-state index contributed by atoms with van der Waals surface area (Å²) in [7, 11) is 0. The van der Waals surface area contributed by atoms with Crippen LogP contribution in [0.4, 0.5) is 4.39 Å². The summed E-state index contributed by atoms with van der Waals surface area (Å²) in [6, 6.07) is 11.8. The van der Waals surface area contributed by atoms with Gasteiger partial charge in [0.2, 0.25) is 5.82 Å². The first-order chi connectivity index (χ1) is 17.5. The third-order valence-electron chi connectivity index (χ3n) is 6.21. The number of fused-ring (bicyclic) bond motifs is 1. The van der Waals surface area contributed by atoms with Gasteiger partial charge in [0.05, 0.1) is 6.04 Å². The minimum Gasteiger partial charge on any atom is -0.347 e. The fourth-order valence-electron chi connectivity index (χ4n) is 4.31. The zero-order chi connectivity index (χ0) is 25.1. The number of aromatic nitrogens is 6. The molecule has 5 rings (SSSR count). The zero-order valence-corrected chi connectivity index (χ0v) is 19.5. The monoisotopic (exact) mass is 486 g/mol. The minimum atomic E-state index is -0.450. The Kier molecular flexibility index (Phi) is 6.44. The SMILES string of the molecule is CCc1cc(CNC(=O)c2cc(C(=O)N[C@H]3CCc4cc(-c5nn[nH]n5)ccc43)ncn2)ccc1F. The summed E-state index contributed by atoms with van der Waals surface area (Å²) in [6.45, 7) is 2.08. The molecule has 0 saturated heterocycles. The van der Waals surface area contributed by atoms with Crippen LogP contribution in [-0.4, -0.2) is 42.4 Å². The van der Waals surface area contributed by atoms with Crippen LogP contribution in [0, 0.1) is 5.82 Å². The van der Waals surface area contributed by atoms with E-state index >= 15 is 0 Å². The highest BCUT2D eigenvalue weighted by molar-refractivity contribution is 5.97. The molecule has 2 amide bonds. The smallest absolute Gasteiger partial charge is 0.270 e. The number of aromatic amines is 1. The Morgan fingerprint density at radius 1 is 1.08 bits per heavy atom. The molecule has 0 bridgehead atoms. The molecular weight excluding hydrogens is 463 g/mol. The highest BCUT2D eigenvalue weighted by Crippen LogP contribution is 2.33. The first-order valence-electron chi connectivity index (χ1n) is 11.6. The number of rotatable bonds is 7. The van der Waals surface area contributed by atoms with Gasteiger partial charge >= 0.3 is 0 Å². The second kappa shape index (κ2) is 9.98. The fraction of sp³-hybridized carbons (Fsp3) is 0.240. The Bertz CT molecular complexity index is 1420. The molecule has 0 fully saturated rings. The first-order valence-corrected chi connectivity index (χ1v) is 11.6. The summed E-state index contributed by atoms with van der Waals surface area (Å²) in [5, 5.41) is 19.8. The zero-order valence-electron chi connectivity index (χ0n) is 19.5. The van der Waals surface area contributed by atoms with Gasteiger partial charge in [0, 0.05) is 18.2 Å². The topological polar surface area (TPSA) is 138 Å². The number of nitrogens with one attached hydrogen (secondary N) is 3. The van der Waals surface area contributed by atoms with Gasteiger partial charge in [-0.1, -0.05) is 31.2 Å². The molecule has 1 atom stereocenters. The highest BCUT2D eigenvalue weighted by atomic mass is 19.1. The van der Waals surface area contributed by atoms with Crippen LogP contribution in [0.25, 0.3) is 11.4 Å². The van der Waals surface area contributed by atoms with Gasteiger partial charge in [-0.05, 0) is 58.9 Å². The van der Waals surface area contributed by atoms with Crippen LogP contribution in [-0.2, 0) is 19.4 Å². The van der Waals surface area contributed by atoms with Gasteiger partial charge in [-0.2, -0.15) is 5.21 Å². The molecule has 0 radical (unpaired) electrons. The molecule has 182 valence electrons. The van der Waals surface area contributed by atoms with Crippen molar-refractivity contribution in [2.24, 2.45) is 0 Å². The van der Waals surface area contributed by atoms with E-state index in [4.69, 9.17) is 0 Å². The van der Waals surface area contributed by atoms with Gasteiger partial charge in [-0.15, -0.1) is 10.2 Å². The number of benzene rings is 2. The lowest BCUT2D eigenvalue weighted by Crippen LogP contribution is -2.29. The molecule has 36 heavy (non-hydrogen) atoms. The number of H-pyrrole nitrogens is 1. The molecule has 2 aromatic heterocycles. The van der Waals surface area contributed by atoms with Crippen molar-refractivity contribution in [3.63, 3.8) is 0 Å². The van der Waals surface area contributed by atoms with E-state index in [2.05, 4.69) is 41.2 Å². The predicted molar refractivity (Wildman–Crippen MR) is 127 cm³/mol. The average Bonchev–Trinajstić information content (AvgIpc) is 3.58. The number of hydrogen-bond donors (Lipinski definition) is 3. The molecule has 4 aromatic rings. The summed E-state index contributed by atoms with van der Waals surface area (Å²) in [6.07, 6.45) is 3.29. The van der Waals surface area contributed by atoms with E-state index in [9.17, 15) is 14.0 Å². The van der Waals surface area contributed by atoms with Crippen LogP contribution in [0.1, 0.15) is 62.6 Å². The maximum Gasteiger partial charge on any atom is 0.270 e. The van der Waals surface area contributed by atoms with Crippen molar-refractivity contribution in [1.29, 1.82) is 0 Å². The molecule has 10 nitrogen and oxygen atoms in total. The molecule has 2 heterocycles. The molecule has 1 aliphatic rings. The second-order valence-corrected chi connectivity index (χ2v) is 8.46. The van der Waals surface area contributed by atoms with Crippen LogP contribution in [0.5, 0.6) is 0 Å². The van der Waals surface area contributed by atoms with Crippen LogP contribution >= 0.6 is 0 Å². The molecule has 0 spiro atoms. The van der Waals surface area contributed by atoms with Crippen LogP contribution in [0.2, 0.25) is 0 Å². The quantitative estimate of drug-likeness (QED) is 0.365. The van der Waals surface area contributed by atoms with Gasteiger partial charge in [0.15, 0.2) is 0 Å². The number of hydrogen-bond acceptors (Lipinski definition) is 7. The van der Waals surface area contributed by atoms with Gasteiger partial charge in [-0.25, -0.2) is 14.4 Å². The molecule has 0 saturated carbocycles. The number of tetrazole rings is 1. The Labute approximate surface area is 205 Å². The van der Waals surface area contributed by atoms with E-state index in [0.29, 0.717) is 17.8 Å². The molecule has 11 heteroatoms. The minimum absolute atomic E-state index is 0.0737. The van der Waals surface area contributed by atoms with Crippen LogP contribution in [0.15, 0.2) is 48.8 Å². The lowest BCUT2D eigenvalue weighted by atomic mass is 10.0. The number of nitrogens with zero attached hydrogens (tertiary/aromatic N) is 5. The molecule has 2 aromatic carbocycles. The lowest BCUT2D eigenvalue weighted by molar-refractivity contribution is 0.0931. The van der Waals surface area contributed by atoms with Crippen molar-refractivity contribution in [2.45, 2.75) is 38.8 Å². The van der Waals surface area contributed by atoms with E-state index in [0.717, 1.165) is 35.1 Å². The summed E-state index contributed by atoms with van der Waals surface area (Å²) < 4.78 is 13.7. The average molecular weight is 487 g/mol.